The van der Waals surface area contributed by atoms with Crippen LogP contribution in [0.15, 0.2) is 36.4 Å². The van der Waals surface area contributed by atoms with Gasteiger partial charge in [-0.1, -0.05) is 0 Å². The highest BCUT2D eigenvalue weighted by Gasteiger charge is 2.22. The van der Waals surface area contributed by atoms with Crippen LogP contribution in [-0.4, -0.2) is 24.6 Å². The molecule has 0 aliphatic rings. The first-order valence-electron chi connectivity index (χ1n) is 7.71. The molecule has 0 spiro atoms. The van der Waals surface area contributed by atoms with Crippen molar-refractivity contribution < 1.29 is 32.2 Å². The lowest BCUT2D eigenvalue weighted by atomic mass is 10.2. The van der Waals surface area contributed by atoms with Crippen LogP contribution in [0.4, 0.5) is 18.9 Å². The summed E-state index contributed by atoms with van der Waals surface area (Å²) in [5.74, 6) is -5.72. The van der Waals surface area contributed by atoms with E-state index in [0.29, 0.717) is 18.4 Å². The SMILES string of the molecule is CCOc1ccc(C(=O)O[C@@H](C)C(=O)Nc2ccc(F)c(F)c2F)cc1. The summed E-state index contributed by atoms with van der Waals surface area (Å²) in [6.45, 7) is 3.55. The predicted molar refractivity (Wildman–Crippen MR) is 87.4 cm³/mol. The van der Waals surface area contributed by atoms with E-state index in [1.165, 1.54) is 19.1 Å². The maximum absolute atomic E-state index is 13.6. The van der Waals surface area contributed by atoms with Gasteiger partial charge in [0.1, 0.15) is 5.75 Å². The molecular formula is C18H16F3NO4. The number of esters is 1. The van der Waals surface area contributed by atoms with Gasteiger partial charge < -0.3 is 14.8 Å². The second-order valence-corrected chi connectivity index (χ2v) is 5.22. The molecule has 0 aromatic heterocycles. The fourth-order valence-electron chi connectivity index (χ4n) is 1.99. The van der Waals surface area contributed by atoms with Gasteiger partial charge in [0.25, 0.3) is 5.91 Å². The van der Waals surface area contributed by atoms with E-state index < -0.39 is 41.1 Å². The highest BCUT2D eigenvalue weighted by molar-refractivity contribution is 5.97. The van der Waals surface area contributed by atoms with E-state index in [1.807, 2.05) is 12.2 Å². The molecule has 5 nitrogen and oxygen atoms in total. The number of hydrogen-bond donors (Lipinski definition) is 1. The van der Waals surface area contributed by atoms with E-state index in [1.54, 1.807) is 12.1 Å². The van der Waals surface area contributed by atoms with Gasteiger partial charge in [0.15, 0.2) is 23.6 Å². The standard InChI is InChI=1S/C18H16F3NO4/c1-3-25-12-6-4-11(5-7-12)18(24)26-10(2)17(23)22-14-9-8-13(19)15(20)16(14)21/h4-10H,3H2,1-2H3,(H,22,23)/t10-/m0/s1. The summed E-state index contributed by atoms with van der Waals surface area (Å²) in [5, 5.41) is 2.04. The number of rotatable bonds is 6. The van der Waals surface area contributed by atoms with Gasteiger partial charge in [0.05, 0.1) is 17.9 Å². The molecule has 2 aromatic rings. The van der Waals surface area contributed by atoms with Gasteiger partial charge in [-0.25, -0.2) is 18.0 Å². The van der Waals surface area contributed by atoms with Gasteiger partial charge >= 0.3 is 5.97 Å². The average Bonchev–Trinajstić information content (AvgIpc) is 2.63. The van der Waals surface area contributed by atoms with Crippen molar-refractivity contribution in [2.45, 2.75) is 20.0 Å². The molecule has 0 radical (unpaired) electrons. The van der Waals surface area contributed by atoms with E-state index >= 15 is 0 Å². The van der Waals surface area contributed by atoms with Crippen LogP contribution in [0, 0.1) is 17.5 Å². The normalized spacial score (nSPS) is 11.6. The number of halogens is 3. The van der Waals surface area contributed by atoms with Gasteiger partial charge in [-0.15, -0.1) is 0 Å². The van der Waals surface area contributed by atoms with Gasteiger partial charge in [-0.3, -0.25) is 4.79 Å². The average molecular weight is 367 g/mol. The third-order valence-electron chi connectivity index (χ3n) is 3.35. The van der Waals surface area contributed by atoms with Gasteiger partial charge in [0.2, 0.25) is 0 Å². The minimum absolute atomic E-state index is 0.187. The molecule has 0 aliphatic carbocycles. The molecular weight excluding hydrogens is 351 g/mol. The zero-order chi connectivity index (χ0) is 19.3. The highest BCUT2D eigenvalue weighted by atomic mass is 19.2. The summed E-state index contributed by atoms with van der Waals surface area (Å²) in [6.07, 6.45) is -1.29. The van der Waals surface area contributed by atoms with Crippen molar-refractivity contribution in [3.8, 4) is 5.75 Å². The molecule has 1 atom stereocenters. The second-order valence-electron chi connectivity index (χ2n) is 5.22. The molecule has 1 N–H and O–H groups in total. The number of benzene rings is 2. The van der Waals surface area contributed by atoms with Crippen molar-refractivity contribution >= 4 is 17.6 Å². The largest absolute Gasteiger partial charge is 0.494 e. The Morgan fingerprint density at radius 2 is 1.69 bits per heavy atom. The Morgan fingerprint density at radius 3 is 2.31 bits per heavy atom. The first-order chi connectivity index (χ1) is 12.3. The van der Waals surface area contributed by atoms with Crippen LogP contribution in [0.5, 0.6) is 5.75 Å². The Kier molecular flexibility index (Phi) is 6.21. The van der Waals surface area contributed by atoms with Crippen molar-refractivity contribution in [1.82, 2.24) is 0 Å². The Balaban J connectivity index is 2.00. The van der Waals surface area contributed by atoms with Crippen LogP contribution in [-0.2, 0) is 9.53 Å². The topological polar surface area (TPSA) is 64.6 Å². The minimum Gasteiger partial charge on any atom is -0.494 e. The molecule has 0 saturated carbocycles. The Morgan fingerprint density at radius 1 is 1.04 bits per heavy atom. The van der Waals surface area contributed by atoms with Crippen LogP contribution >= 0.6 is 0 Å². The molecule has 138 valence electrons. The first-order valence-corrected chi connectivity index (χ1v) is 7.71. The second kappa shape index (κ2) is 8.37. The van der Waals surface area contributed by atoms with Crippen LogP contribution in [0.3, 0.4) is 0 Å². The van der Waals surface area contributed by atoms with Crippen LogP contribution < -0.4 is 10.1 Å². The third kappa shape index (κ3) is 4.53. The van der Waals surface area contributed by atoms with E-state index in [-0.39, 0.29) is 5.56 Å². The Hall–Kier alpha value is -3.03. The Labute approximate surface area is 147 Å². The molecule has 2 rings (SSSR count). The van der Waals surface area contributed by atoms with Gasteiger partial charge in [-0.2, -0.15) is 0 Å². The number of nitrogens with one attached hydrogen (secondary N) is 1. The fraction of sp³-hybridized carbons (Fsp3) is 0.222. The maximum Gasteiger partial charge on any atom is 0.338 e. The molecule has 26 heavy (non-hydrogen) atoms. The number of carbonyl (C=O) groups is 2. The number of anilines is 1. The summed E-state index contributed by atoms with van der Waals surface area (Å²) in [7, 11) is 0. The summed E-state index contributed by atoms with van der Waals surface area (Å²) >= 11 is 0. The molecule has 0 saturated heterocycles. The number of amides is 1. The van der Waals surface area contributed by atoms with Crippen molar-refractivity contribution in [2.24, 2.45) is 0 Å². The number of ether oxygens (including phenoxy) is 2. The highest BCUT2D eigenvalue weighted by Crippen LogP contribution is 2.20. The zero-order valence-corrected chi connectivity index (χ0v) is 14.0. The first kappa shape index (κ1) is 19.3. The number of carbonyl (C=O) groups excluding carboxylic acids is 2. The maximum atomic E-state index is 13.6. The van der Waals surface area contributed by atoms with E-state index in [2.05, 4.69) is 0 Å². The van der Waals surface area contributed by atoms with Crippen molar-refractivity contribution in [2.75, 3.05) is 11.9 Å². The lowest BCUT2D eigenvalue weighted by Gasteiger charge is -2.14. The lowest BCUT2D eigenvalue weighted by molar-refractivity contribution is -0.123. The zero-order valence-electron chi connectivity index (χ0n) is 14.0. The third-order valence-corrected chi connectivity index (χ3v) is 3.35. The molecule has 0 unspecified atom stereocenters. The molecule has 0 bridgehead atoms. The van der Waals surface area contributed by atoms with Gasteiger partial charge in [0, 0.05) is 0 Å². The molecule has 8 heteroatoms. The number of hydrogen-bond acceptors (Lipinski definition) is 4. The monoisotopic (exact) mass is 367 g/mol. The summed E-state index contributed by atoms with van der Waals surface area (Å²) < 4.78 is 49.8. The molecule has 1 amide bonds. The lowest BCUT2D eigenvalue weighted by Crippen LogP contribution is -2.30. The molecule has 0 aliphatic heterocycles. The van der Waals surface area contributed by atoms with Gasteiger partial charge in [-0.05, 0) is 50.2 Å². The quantitative estimate of drug-likeness (QED) is 0.625. The predicted octanol–water partition coefficient (Wildman–Crippen LogP) is 3.69. The minimum atomic E-state index is -1.71. The van der Waals surface area contributed by atoms with Crippen molar-refractivity contribution in [1.29, 1.82) is 0 Å². The van der Waals surface area contributed by atoms with Crippen LogP contribution in [0.1, 0.15) is 24.2 Å². The van der Waals surface area contributed by atoms with E-state index in [0.717, 1.165) is 6.07 Å². The van der Waals surface area contributed by atoms with E-state index in [4.69, 9.17) is 9.47 Å². The Bertz CT molecular complexity index is 809. The van der Waals surface area contributed by atoms with Crippen molar-refractivity contribution in [3.63, 3.8) is 0 Å². The summed E-state index contributed by atoms with van der Waals surface area (Å²) in [5.41, 5.74) is -0.370. The summed E-state index contributed by atoms with van der Waals surface area (Å²) in [4.78, 5) is 24.0. The van der Waals surface area contributed by atoms with Crippen LogP contribution in [0.25, 0.3) is 0 Å². The molecule has 0 fully saturated rings. The smallest absolute Gasteiger partial charge is 0.338 e. The van der Waals surface area contributed by atoms with E-state index in [9.17, 15) is 22.8 Å². The van der Waals surface area contributed by atoms with Crippen LogP contribution in [0.2, 0.25) is 0 Å². The molecule has 2 aromatic carbocycles. The molecule has 0 heterocycles. The summed E-state index contributed by atoms with van der Waals surface area (Å²) in [6, 6.07) is 7.61. The van der Waals surface area contributed by atoms with Crippen molar-refractivity contribution in [3.05, 3.63) is 59.4 Å². The fourth-order valence-corrected chi connectivity index (χ4v) is 1.99.